The average molecular weight is 964 g/mol. The van der Waals surface area contributed by atoms with Gasteiger partial charge in [0.05, 0.1) is 27.6 Å². The Morgan fingerprint density at radius 3 is 2.58 bits per heavy atom. The lowest BCUT2D eigenvalue weighted by atomic mass is 9.94. The van der Waals surface area contributed by atoms with Gasteiger partial charge in [0.15, 0.2) is 5.82 Å². The normalized spacial score (nSPS) is 23.9. The summed E-state index contributed by atoms with van der Waals surface area (Å²) < 4.78 is 44.7. The molecule has 5 saturated heterocycles. The van der Waals surface area contributed by atoms with Crippen molar-refractivity contribution in [3.63, 3.8) is 0 Å². The number of halogens is 2. The fourth-order valence-corrected chi connectivity index (χ4v) is 11.8. The molecule has 11 rings (SSSR count). The molecule has 364 valence electrons. The van der Waals surface area contributed by atoms with Gasteiger partial charge in [0.1, 0.15) is 42.1 Å². The summed E-state index contributed by atoms with van der Waals surface area (Å²) in [6, 6.07) is 12.5. The number of ether oxygens (including phenoxy) is 2. The van der Waals surface area contributed by atoms with E-state index in [1.54, 1.807) is 55.7 Å². The molecule has 2 aromatic heterocycles. The molecule has 71 heavy (non-hydrogen) atoms. The number of aromatic nitrogens is 3. The zero-order valence-corrected chi connectivity index (χ0v) is 39.1. The van der Waals surface area contributed by atoms with Crippen LogP contribution in [0.1, 0.15) is 83.2 Å². The molecule has 3 aromatic carbocycles. The molecule has 16 nitrogen and oxygen atoms in total. The molecule has 5 fully saturated rings. The van der Waals surface area contributed by atoms with Crippen molar-refractivity contribution < 1.29 is 42.2 Å². The SMILES string of the molecule is C#Cc1c(F)ccc2cccc(-c3ncc4c(N5CC6CCC(C5)N6)nc(OC[C@@]56CC[C@@H](COC(=O)N(C)CCCc7cccc8c7C(=O)N(C7CCC(=O)NC7=O)C8=O)N5CC(=C)C6)nc4c3F)c12. The molecular formula is C53H51F2N9O7. The number of fused-ring (bicyclic) bond motifs is 6. The van der Waals surface area contributed by atoms with E-state index in [1.807, 2.05) is 0 Å². The lowest BCUT2D eigenvalue weighted by Crippen LogP contribution is -2.54. The Kier molecular flexibility index (Phi) is 11.7. The van der Waals surface area contributed by atoms with E-state index >= 15 is 8.78 Å². The summed E-state index contributed by atoms with van der Waals surface area (Å²) in [6.45, 7) is 6.83. The monoisotopic (exact) mass is 963 g/mol. The molecule has 2 N–H and O–H groups in total. The van der Waals surface area contributed by atoms with Crippen LogP contribution in [0.3, 0.4) is 0 Å². The molecule has 6 aliphatic heterocycles. The Bertz CT molecular complexity index is 3150. The predicted octanol–water partition coefficient (Wildman–Crippen LogP) is 5.69. The second kappa shape index (κ2) is 18.1. The van der Waals surface area contributed by atoms with Gasteiger partial charge in [0.25, 0.3) is 11.8 Å². The first kappa shape index (κ1) is 46.0. The highest BCUT2D eigenvalue weighted by Crippen LogP contribution is 2.45. The quantitative estimate of drug-likeness (QED) is 0.0886. The van der Waals surface area contributed by atoms with Crippen LogP contribution in [0.2, 0.25) is 0 Å². The number of nitrogens with one attached hydrogen (secondary N) is 2. The number of hydrogen-bond acceptors (Lipinski definition) is 13. The molecule has 3 unspecified atom stereocenters. The lowest BCUT2D eigenvalue weighted by molar-refractivity contribution is -0.136. The number of carbonyl (C=O) groups excluding carboxylic acids is 5. The zero-order chi connectivity index (χ0) is 49.3. The zero-order valence-electron chi connectivity index (χ0n) is 39.1. The highest BCUT2D eigenvalue weighted by atomic mass is 19.1. The van der Waals surface area contributed by atoms with E-state index in [1.165, 1.54) is 11.0 Å². The second-order valence-corrected chi connectivity index (χ2v) is 19.7. The van der Waals surface area contributed by atoms with Crippen LogP contribution in [0.4, 0.5) is 19.4 Å². The Morgan fingerprint density at radius 1 is 1.00 bits per heavy atom. The maximum absolute atomic E-state index is 17.2. The van der Waals surface area contributed by atoms with Gasteiger partial charge in [0, 0.05) is 74.9 Å². The fourth-order valence-electron chi connectivity index (χ4n) is 11.8. The standard InChI is InChI=1S/C53H51F2N9O7/c1-4-35-39(54)16-13-31-9-5-11-36(42(31)35)45-44(55)46-38(23-56-45)47(62-25-32-14-15-33(26-62)57-32)60-51(59-46)71-28-53-20-19-34(63(53)24-29(2)22-53)27-70-52(69)61(3)21-7-10-30-8-6-12-37-43(30)50(68)64(49(37)67)40-17-18-41(65)58-48(40)66/h1,5-6,8-9,11-13,16,23,32-34,40,57H,2,7,10,14-15,17-22,24-28H2,3H3,(H,58,65,66)/t32?,33?,34-,40?,53-/m0/s1. The molecule has 0 aliphatic carbocycles. The van der Waals surface area contributed by atoms with Gasteiger partial charge in [-0.05, 0) is 74.4 Å². The van der Waals surface area contributed by atoms with Crippen LogP contribution in [0.25, 0.3) is 32.9 Å². The number of piperazine rings is 1. The number of nitrogens with zero attached hydrogens (tertiary/aromatic N) is 7. The third-order valence-electron chi connectivity index (χ3n) is 15.2. The number of terminal acetylenes is 1. The van der Waals surface area contributed by atoms with E-state index in [-0.39, 0.29) is 78.1 Å². The van der Waals surface area contributed by atoms with Crippen molar-refractivity contribution in [2.24, 2.45) is 0 Å². The minimum absolute atomic E-state index is 0.00844. The number of rotatable bonds is 12. The molecule has 0 radical (unpaired) electrons. The molecule has 8 heterocycles. The lowest BCUT2D eigenvalue weighted by Gasteiger charge is -2.35. The summed E-state index contributed by atoms with van der Waals surface area (Å²) in [6.07, 6.45) is 11.9. The van der Waals surface area contributed by atoms with E-state index in [9.17, 15) is 24.0 Å². The van der Waals surface area contributed by atoms with Gasteiger partial charge >= 0.3 is 12.1 Å². The van der Waals surface area contributed by atoms with Crippen molar-refractivity contribution in [3.05, 3.63) is 101 Å². The van der Waals surface area contributed by atoms with Gasteiger partial charge in [-0.1, -0.05) is 54.5 Å². The minimum Gasteiger partial charge on any atom is -0.461 e. The summed E-state index contributed by atoms with van der Waals surface area (Å²) in [5, 5.41) is 7.32. The maximum Gasteiger partial charge on any atom is 0.409 e. The van der Waals surface area contributed by atoms with Crippen LogP contribution in [-0.2, 0) is 20.7 Å². The molecule has 18 heteroatoms. The van der Waals surface area contributed by atoms with Crippen molar-refractivity contribution in [1.29, 1.82) is 0 Å². The second-order valence-electron chi connectivity index (χ2n) is 19.7. The van der Waals surface area contributed by atoms with Crippen molar-refractivity contribution in [2.75, 3.05) is 51.3 Å². The summed E-state index contributed by atoms with van der Waals surface area (Å²) in [7, 11) is 1.64. The summed E-state index contributed by atoms with van der Waals surface area (Å²) in [4.78, 5) is 85.7. The maximum atomic E-state index is 17.2. The molecule has 6 aliphatic rings. The number of imide groups is 2. The first-order valence-corrected chi connectivity index (χ1v) is 24.1. The molecular weight excluding hydrogens is 913 g/mol. The number of hydrogen-bond donors (Lipinski definition) is 2. The summed E-state index contributed by atoms with van der Waals surface area (Å²) in [5.41, 5.74) is 1.94. The van der Waals surface area contributed by atoms with Crippen LogP contribution in [0.15, 0.2) is 66.9 Å². The van der Waals surface area contributed by atoms with Crippen LogP contribution >= 0.6 is 0 Å². The number of anilines is 1. The third-order valence-corrected chi connectivity index (χ3v) is 15.2. The minimum atomic E-state index is -1.06. The fraction of sp³-hybridized carbons (Fsp3) is 0.396. The van der Waals surface area contributed by atoms with E-state index < -0.39 is 52.9 Å². The third kappa shape index (κ3) is 8.10. The summed E-state index contributed by atoms with van der Waals surface area (Å²) >= 11 is 0. The van der Waals surface area contributed by atoms with Gasteiger partial charge in [-0.3, -0.25) is 39.3 Å². The highest BCUT2D eigenvalue weighted by Gasteiger charge is 2.52. The van der Waals surface area contributed by atoms with Gasteiger partial charge in [-0.25, -0.2) is 13.6 Å². The van der Waals surface area contributed by atoms with E-state index in [0.29, 0.717) is 85.0 Å². The number of benzene rings is 3. The molecule has 2 bridgehead atoms. The van der Waals surface area contributed by atoms with Gasteiger partial charge in [-0.2, -0.15) is 9.97 Å². The topological polar surface area (TPSA) is 180 Å². The van der Waals surface area contributed by atoms with Crippen LogP contribution in [0, 0.1) is 24.0 Å². The van der Waals surface area contributed by atoms with Crippen LogP contribution < -0.4 is 20.3 Å². The number of pyridine rings is 1. The number of amides is 5. The number of carbonyl (C=O) groups is 5. The largest absolute Gasteiger partial charge is 0.461 e. The molecule has 0 saturated carbocycles. The first-order chi connectivity index (χ1) is 34.3. The summed E-state index contributed by atoms with van der Waals surface area (Å²) in [5.74, 6) is -0.578. The highest BCUT2D eigenvalue weighted by molar-refractivity contribution is 6.24. The number of aryl methyl sites for hydroxylation is 1. The average Bonchev–Trinajstić information content (AvgIpc) is 4.07. The smallest absolute Gasteiger partial charge is 0.409 e. The molecule has 5 aromatic rings. The predicted molar refractivity (Wildman–Crippen MR) is 257 cm³/mol. The van der Waals surface area contributed by atoms with Crippen molar-refractivity contribution in [1.82, 2.24) is 40.3 Å². The molecule has 5 atom stereocenters. The van der Waals surface area contributed by atoms with E-state index in [0.717, 1.165) is 29.7 Å². The Balaban J connectivity index is 0.774. The Labute approximate surface area is 407 Å². The van der Waals surface area contributed by atoms with E-state index in [2.05, 4.69) is 37.9 Å². The van der Waals surface area contributed by atoms with Crippen molar-refractivity contribution >= 4 is 57.2 Å². The van der Waals surface area contributed by atoms with E-state index in [4.69, 9.17) is 25.9 Å². The van der Waals surface area contributed by atoms with Gasteiger partial charge in [0.2, 0.25) is 11.8 Å². The first-order valence-electron chi connectivity index (χ1n) is 24.1. The number of piperidine rings is 1. The Morgan fingerprint density at radius 2 is 1.79 bits per heavy atom. The van der Waals surface area contributed by atoms with Crippen molar-refractivity contribution in [2.45, 2.75) is 87.5 Å². The molecule has 0 spiro atoms. The van der Waals surface area contributed by atoms with Crippen LogP contribution in [0.5, 0.6) is 6.01 Å². The van der Waals surface area contributed by atoms with Gasteiger partial charge in [-0.15, -0.1) is 6.42 Å². The Hall–Kier alpha value is -7.36. The molecule has 5 amide bonds. The van der Waals surface area contributed by atoms with Crippen molar-refractivity contribution in [3.8, 4) is 29.6 Å². The van der Waals surface area contributed by atoms with Crippen LogP contribution in [-0.4, -0.2) is 136 Å². The van der Waals surface area contributed by atoms with Gasteiger partial charge < -0.3 is 24.6 Å².